The fourth-order valence-electron chi connectivity index (χ4n) is 1.27. The number of rotatable bonds is 1. The van der Waals surface area contributed by atoms with Crippen LogP contribution in [0.4, 0.5) is 5.69 Å². The first-order valence-corrected chi connectivity index (χ1v) is 4.41. The molecule has 0 amide bonds. The standard InChI is InChI=1S/C10H12N4/c1-7-5-12-14(6-7)10-9(11)4-3-8(2)13-10/h3-6H,11H2,1-2H3. The summed E-state index contributed by atoms with van der Waals surface area (Å²) in [5, 5.41) is 4.16. The lowest BCUT2D eigenvalue weighted by atomic mass is 10.3. The van der Waals surface area contributed by atoms with E-state index in [0.717, 1.165) is 11.3 Å². The van der Waals surface area contributed by atoms with Gasteiger partial charge >= 0.3 is 0 Å². The van der Waals surface area contributed by atoms with Crippen LogP contribution < -0.4 is 5.73 Å². The van der Waals surface area contributed by atoms with Gasteiger partial charge in [0.1, 0.15) is 0 Å². The van der Waals surface area contributed by atoms with Crippen molar-refractivity contribution in [1.29, 1.82) is 0 Å². The summed E-state index contributed by atoms with van der Waals surface area (Å²) >= 11 is 0. The molecular weight excluding hydrogens is 176 g/mol. The summed E-state index contributed by atoms with van der Waals surface area (Å²) in [5.74, 6) is 0.693. The highest BCUT2D eigenvalue weighted by molar-refractivity contribution is 5.52. The van der Waals surface area contributed by atoms with Crippen molar-refractivity contribution in [3.05, 3.63) is 35.8 Å². The Morgan fingerprint density at radius 1 is 1.29 bits per heavy atom. The normalized spacial score (nSPS) is 10.4. The van der Waals surface area contributed by atoms with Gasteiger partial charge in [-0.3, -0.25) is 0 Å². The largest absolute Gasteiger partial charge is 0.396 e. The minimum atomic E-state index is 0.638. The summed E-state index contributed by atoms with van der Waals surface area (Å²) < 4.78 is 1.69. The van der Waals surface area contributed by atoms with Crippen LogP contribution in [0, 0.1) is 13.8 Å². The van der Waals surface area contributed by atoms with Crippen LogP contribution in [0.5, 0.6) is 0 Å². The molecule has 4 heteroatoms. The number of nitrogens with two attached hydrogens (primary N) is 1. The van der Waals surface area contributed by atoms with Gasteiger partial charge in [-0.1, -0.05) is 0 Å². The Labute approximate surface area is 82.4 Å². The van der Waals surface area contributed by atoms with Crippen molar-refractivity contribution in [1.82, 2.24) is 14.8 Å². The van der Waals surface area contributed by atoms with Gasteiger partial charge in [-0.2, -0.15) is 5.10 Å². The van der Waals surface area contributed by atoms with Crippen molar-refractivity contribution in [2.45, 2.75) is 13.8 Å². The van der Waals surface area contributed by atoms with E-state index >= 15 is 0 Å². The SMILES string of the molecule is Cc1cnn(-c2nc(C)ccc2N)c1. The molecular formula is C10H12N4. The van der Waals surface area contributed by atoms with Gasteiger partial charge in [0.05, 0.1) is 11.9 Å². The highest BCUT2D eigenvalue weighted by Gasteiger charge is 2.04. The zero-order valence-electron chi connectivity index (χ0n) is 8.23. The molecule has 0 fully saturated rings. The molecule has 2 N–H and O–H groups in total. The van der Waals surface area contributed by atoms with E-state index in [-0.39, 0.29) is 0 Å². The summed E-state index contributed by atoms with van der Waals surface area (Å²) in [7, 11) is 0. The minimum Gasteiger partial charge on any atom is -0.396 e. The molecule has 2 heterocycles. The number of anilines is 1. The molecule has 14 heavy (non-hydrogen) atoms. The van der Waals surface area contributed by atoms with Crippen LogP contribution in [0.1, 0.15) is 11.3 Å². The number of aryl methyl sites for hydroxylation is 2. The third-order valence-electron chi connectivity index (χ3n) is 1.97. The molecule has 2 aromatic heterocycles. The Morgan fingerprint density at radius 3 is 2.71 bits per heavy atom. The molecule has 0 spiro atoms. The van der Waals surface area contributed by atoms with Gasteiger partial charge in [0.25, 0.3) is 0 Å². The van der Waals surface area contributed by atoms with Crippen molar-refractivity contribution in [2.24, 2.45) is 0 Å². The Kier molecular flexibility index (Phi) is 1.96. The predicted molar refractivity (Wildman–Crippen MR) is 55.2 cm³/mol. The van der Waals surface area contributed by atoms with Gasteiger partial charge in [0.2, 0.25) is 0 Å². The average Bonchev–Trinajstić information content (AvgIpc) is 2.56. The molecule has 4 nitrogen and oxygen atoms in total. The topological polar surface area (TPSA) is 56.7 Å². The quantitative estimate of drug-likeness (QED) is 0.737. The summed E-state index contributed by atoms with van der Waals surface area (Å²) in [6.45, 7) is 3.91. The van der Waals surface area contributed by atoms with Gasteiger partial charge in [0.15, 0.2) is 5.82 Å². The molecule has 2 rings (SSSR count). The van der Waals surface area contributed by atoms with Gasteiger partial charge in [-0.25, -0.2) is 9.67 Å². The van der Waals surface area contributed by atoms with Crippen molar-refractivity contribution in [3.8, 4) is 5.82 Å². The molecule has 0 aliphatic carbocycles. The van der Waals surface area contributed by atoms with E-state index in [1.165, 1.54) is 0 Å². The number of hydrogen-bond donors (Lipinski definition) is 1. The third kappa shape index (κ3) is 1.46. The van der Waals surface area contributed by atoms with Crippen LogP contribution in [0.3, 0.4) is 0 Å². The molecule has 72 valence electrons. The Morgan fingerprint density at radius 2 is 2.07 bits per heavy atom. The lowest BCUT2D eigenvalue weighted by molar-refractivity contribution is 0.843. The van der Waals surface area contributed by atoms with Crippen LogP contribution in [-0.2, 0) is 0 Å². The van der Waals surface area contributed by atoms with Crippen LogP contribution in [0.25, 0.3) is 5.82 Å². The smallest absolute Gasteiger partial charge is 0.176 e. The molecule has 0 saturated carbocycles. The number of aromatic nitrogens is 3. The van der Waals surface area contributed by atoms with Crippen molar-refractivity contribution in [2.75, 3.05) is 5.73 Å². The maximum Gasteiger partial charge on any atom is 0.176 e. The lowest BCUT2D eigenvalue weighted by Crippen LogP contribution is -2.03. The summed E-state index contributed by atoms with van der Waals surface area (Å²) in [4.78, 5) is 4.33. The van der Waals surface area contributed by atoms with Crippen LogP contribution >= 0.6 is 0 Å². The predicted octanol–water partition coefficient (Wildman–Crippen LogP) is 1.47. The first kappa shape index (κ1) is 8.74. The van der Waals surface area contributed by atoms with Crippen molar-refractivity contribution < 1.29 is 0 Å². The maximum atomic E-state index is 5.81. The molecule has 0 aliphatic rings. The molecule has 0 bridgehead atoms. The fraction of sp³-hybridized carbons (Fsp3) is 0.200. The molecule has 0 unspecified atom stereocenters. The van der Waals surface area contributed by atoms with Gasteiger partial charge < -0.3 is 5.73 Å². The summed E-state index contributed by atoms with van der Waals surface area (Å²) in [5.41, 5.74) is 8.47. The lowest BCUT2D eigenvalue weighted by Gasteiger charge is -2.04. The molecule has 0 radical (unpaired) electrons. The average molecular weight is 188 g/mol. The van der Waals surface area contributed by atoms with E-state index in [0.29, 0.717) is 11.5 Å². The monoisotopic (exact) mass is 188 g/mol. The van der Waals surface area contributed by atoms with Gasteiger partial charge in [-0.05, 0) is 31.5 Å². The van der Waals surface area contributed by atoms with E-state index in [1.54, 1.807) is 10.9 Å². The zero-order chi connectivity index (χ0) is 10.1. The number of hydrogen-bond acceptors (Lipinski definition) is 3. The first-order valence-electron chi connectivity index (χ1n) is 4.41. The minimum absolute atomic E-state index is 0.638. The van der Waals surface area contributed by atoms with E-state index in [2.05, 4.69) is 10.1 Å². The highest BCUT2D eigenvalue weighted by Crippen LogP contribution is 2.14. The van der Waals surface area contributed by atoms with Crippen molar-refractivity contribution in [3.63, 3.8) is 0 Å². The second kappa shape index (κ2) is 3.14. The number of pyridine rings is 1. The number of nitrogens with zero attached hydrogens (tertiary/aromatic N) is 3. The second-order valence-corrected chi connectivity index (χ2v) is 3.33. The number of nitrogen functional groups attached to an aromatic ring is 1. The second-order valence-electron chi connectivity index (χ2n) is 3.33. The van der Waals surface area contributed by atoms with Gasteiger partial charge in [0, 0.05) is 11.9 Å². The van der Waals surface area contributed by atoms with Crippen LogP contribution in [0.2, 0.25) is 0 Å². The van der Waals surface area contributed by atoms with Crippen LogP contribution in [-0.4, -0.2) is 14.8 Å². The van der Waals surface area contributed by atoms with E-state index in [1.807, 2.05) is 32.2 Å². The maximum absolute atomic E-state index is 5.81. The molecule has 2 aromatic rings. The fourth-order valence-corrected chi connectivity index (χ4v) is 1.27. The Hall–Kier alpha value is -1.84. The van der Waals surface area contributed by atoms with Crippen molar-refractivity contribution >= 4 is 5.69 Å². The third-order valence-corrected chi connectivity index (χ3v) is 1.97. The van der Waals surface area contributed by atoms with Gasteiger partial charge in [-0.15, -0.1) is 0 Å². The molecule has 0 aromatic carbocycles. The van der Waals surface area contributed by atoms with E-state index in [9.17, 15) is 0 Å². The van der Waals surface area contributed by atoms with E-state index in [4.69, 9.17) is 5.73 Å². The van der Waals surface area contributed by atoms with E-state index < -0.39 is 0 Å². The Balaban J connectivity index is 2.55. The Bertz CT molecular complexity index is 459. The highest BCUT2D eigenvalue weighted by atomic mass is 15.3. The van der Waals surface area contributed by atoms with Crippen LogP contribution in [0.15, 0.2) is 24.5 Å². The molecule has 0 saturated heterocycles. The molecule has 0 aliphatic heterocycles. The summed E-state index contributed by atoms with van der Waals surface area (Å²) in [6.07, 6.45) is 3.68. The molecule has 0 atom stereocenters. The zero-order valence-corrected chi connectivity index (χ0v) is 8.23. The summed E-state index contributed by atoms with van der Waals surface area (Å²) in [6, 6.07) is 3.73. The first-order chi connectivity index (χ1) is 6.66.